The molecule has 0 saturated heterocycles. The highest BCUT2D eigenvalue weighted by molar-refractivity contribution is 7.86. The lowest BCUT2D eigenvalue weighted by atomic mass is 9.84. The van der Waals surface area contributed by atoms with Gasteiger partial charge in [0.2, 0.25) is 0 Å². The number of methoxy groups -OCH3 is 1. The highest BCUT2D eigenvalue weighted by Crippen LogP contribution is 2.36. The Morgan fingerprint density at radius 1 is 0.345 bits per heavy atom. The molecule has 54 heteroatoms. The van der Waals surface area contributed by atoms with Crippen molar-refractivity contribution >= 4 is 197 Å². The molecule has 0 amide bonds. The van der Waals surface area contributed by atoms with E-state index in [1.54, 1.807) is 33.5 Å². The molecule has 0 aliphatic heterocycles. The molecule has 0 bridgehead atoms. The molecular weight excluding hydrogens is 2130 g/mol. The van der Waals surface area contributed by atoms with Crippen molar-refractivity contribution < 1.29 is 89.1 Å². The third kappa shape index (κ3) is 51.8. The number of nitrogens with zero attached hydrogens (tertiary/aromatic N) is 2. The molecule has 43 nitrogen and oxygen atoms in total. The molecule has 0 heterocycles. The van der Waals surface area contributed by atoms with Crippen LogP contribution in [0.15, 0.2) is 47.9 Å². The molecule has 7 aromatic rings. The first-order valence-electron chi connectivity index (χ1n) is 49.1. The summed E-state index contributed by atoms with van der Waals surface area (Å²) in [4.78, 5) is 122. The molecule has 6 aliphatic rings. The number of hydrogen-bond donors (Lipinski definition) is 19. The average molecular weight is 2290 g/mol. The van der Waals surface area contributed by atoms with E-state index in [2.05, 4.69) is 107 Å². The lowest BCUT2D eigenvalue weighted by molar-refractivity contribution is -0.135. The topological polar surface area (TPSA) is 660 Å². The summed E-state index contributed by atoms with van der Waals surface area (Å²) in [6.07, 6.45) is 33.8. The van der Waals surface area contributed by atoms with Crippen molar-refractivity contribution in [3.8, 4) is 0 Å². The third-order valence-electron chi connectivity index (χ3n) is 24.7. The standard InChI is InChI=1S/3C8H12N2O5S.C8H12N2O3S3.C8H16O.C8H16.C7H13Cl.C7H13F.C7H8N2O4.C7H10N2O3S3.C7H14.C6H12.C5H6N2O3/c1-10(2)6-5(7(11)8(6)12)9-3-4-16(13,14)15;1-9-5-6(8(12)7(5)11)10-3-2-4-16(13,14)15;1-2-9-5-6(8(12)7(5)11)10-3-4-16(13,14)15;1-10(2)6-5(7(14)8(6)15)9-3-4-16(11,12)13;1-7-3-5-8(9-2)6-4-7;1-7-3-5-8(2)6-4-7;2*1-6-2-4-7(8)5-3-6;1-8-4-5(7(13)6(4)12)9-2-3(10)11;1-8-4-5(7(14)6(4)13)9-2-3-15(10,11)12;1-7-5-3-2-4-6-7;1-6-4-2-3-5-6;1-6-2-3(7-10)5(9)4(2)8/h9H,3-4H2,1-2H3,(H,13,14,15);2*9-10H,2-4H2,1H3,(H,13,14,15);9H,3-4H2,1-2H3,(H,11,12,13);7-8H,3-6H2,1-2H3;7-8H,3-6H2,1-2H3;2*6-7H,2-5H2,1H3;8-9H,2H2,1H3,(H,10,11);8-9H,2-3H2,1H3,(H,10,11,12);7H,2-6H2,1H3;6H,2-5H2,1H3;6-7,10H,1H3. The third-order valence-corrected chi connectivity index (χ3v) is 30.7. The number of nitrogens with one attached hydrogen (secondary N) is 12. The SMILES string of the molecule is CC1CCC(C)CC1.CC1CCC(Cl)CC1.CC1CCC(F)CC1.CC1CCCC1.CC1CCCCC1.CCNc1c(NCCS(=O)(=O)O)c(=O)c1=O.CN(C)c1c(NCCS(=O)(=O)O)c(=O)c1=O.CN(C)c1c(NCCS(=O)(=O)O)c(=S)c1=S.CNc1c(NCC(=O)O)c(=O)c1=O.CNc1c(NCCCS(=O)(=O)O)c(=O)c1=O.CNc1c(NCCS(=O)(=O)O)c(=S)c1=S.CNc1c(NO)c(=O)c1=O.COC1CCC(C)CC1. The Labute approximate surface area is 892 Å². The van der Waals surface area contributed by atoms with Crippen LogP contribution in [0.25, 0.3) is 0 Å². The zero-order chi connectivity index (χ0) is 113. The van der Waals surface area contributed by atoms with Gasteiger partial charge in [-0.25, -0.2) is 4.39 Å². The molecule has 6 aliphatic carbocycles. The Kier molecular flexibility index (Phi) is 63.8. The lowest BCUT2D eigenvalue weighted by Gasteiger charge is -2.24. The van der Waals surface area contributed by atoms with Crippen LogP contribution in [0, 0.1) is 59.5 Å². The van der Waals surface area contributed by atoms with E-state index in [0.29, 0.717) is 53.1 Å². The van der Waals surface area contributed by atoms with Gasteiger partial charge in [-0.15, -0.1) is 11.6 Å². The van der Waals surface area contributed by atoms with Crippen LogP contribution in [-0.2, 0) is 60.1 Å². The summed E-state index contributed by atoms with van der Waals surface area (Å²) < 4.78 is 167. The first-order chi connectivity index (χ1) is 68.8. The highest BCUT2D eigenvalue weighted by atomic mass is 35.5. The van der Waals surface area contributed by atoms with Crippen molar-refractivity contribution in [2.45, 2.75) is 240 Å². The molecule has 844 valence electrons. The number of hydrogen-bond acceptors (Lipinski definition) is 41. The summed E-state index contributed by atoms with van der Waals surface area (Å²) in [5.74, 6) is 3.56. The van der Waals surface area contributed by atoms with Crippen LogP contribution in [0.3, 0.4) is 0 Å². The maximum Gasteiger partial charge on any atom is 0.322 e. The Hall–Kier alpha value is -8.40. The molecule has 6 saturated carbocycles. The van der Waals surface area contributed by atoms with Crippen molar-refractivity contribution in [1.82, 2.24) is 0 Å². The van der Waals surface area contributed by atoms with Crippen LogP contribution in [-0.4, -0.2) is 237 Å². The minimum atomic E-state index is -4.07. The fraction of sp³-hybridized carbons (Fsp3) is 0.691. The van der Waals surface area contributed by atoms with E-state index in [4.69, 9.17) is 98.3 Å². The van der Waals surface area contributed by atoms with Crippen LogP contribution < -0.4 is 128 Å². The molecule has 19 N–H and O–H groups in total. The smallest absolute Gasteiger partial charge is 0.322 e. The second kappa shape index (κ2) is 68.6. The van der Waals surface area contributed by atoms with E-state index < -0.39 is 129 Å². The second-order valence-electron chi connectivity index (χ2n) is 37.7. The normalized spacial score (nSPS) is 18.7. The fourth-order valence-corrected chi connectivity index (χ4v) is 19.0. The van der Waals surface area contributed by atoms with E-state index in [-0.39, 0.29) is 120 Å². The molecule has 0 radical (unpaired) electrons. The molecule has 0 aromatic heterocycles. The number of rotatable bonds is 34. The summed E-state index contributed by atoms with van der Waals surface area (Å²) >= 11 is 25.9. The van der Waals surface area contributed by atoms with Gasteiger partial charge in [-0.05, 0) is 132 Å². The van der Waals surface area contributed by atoms with Gasteiger partial charge in [-0.1, -0.05) is 181 Å². The number of carboxylic acids is 1. The predicted molar refractivity (Wildman–Crippen MR) is 604 cm³/mol. The zero-order valence-corrected chi connectivity index (χ0v) is 95.7. The number of ether oxygens (including phenoxy) is 1. The molecule has 0 unspecified atom stereocenters. The number of anilines is 14. The van der Waals surface area contributed by atoms with Crippen LogP contribution >= 0.6 is 60.5 Å². The van der Waals surface area contributed by atoms with Crippen molar-refractivity contribution in [2.24, 2.45) is 41.4 Å². The van der Waals surface area contributed by atoms with Crippen molar-refractivity contribution in [1.29, 1.82) is 0 Å². The van der Waals surface area contributed by atoms with Gasteiger partial charge in [0.05, 0.1) is 75.7 Å². The largest absolute Gasteiger partial charge is 0.480 e. The van der Waals surface area contributed by atoms with Gasteiger partial charge in [-0.3, -0.25) is 86.2 Å². The average Bonchev–Trinajstić information content (AvgIpc) is 0.804. The minimum absolute atomic E-state index is 0.0508. The molecule has 0 spiro atoms. The van der Waals surface area contributed by atoms with E-state index in [0.717, 1.165) is 72.8 Å². The van der Waals surface area contributed by atoms with Crippen molar-refractivity contribution in [3.05, 3.63) is 120 Å². The molecule has 0 atom stereocenters. The quantitative estimate of drug-likeness (QED) is 0.00445. The van der Waals surface area contributed by atoms with Gasteiger partial charge < -0.3 is 78.1 Å². The zero-order valence-electron chi connectivity index (χ0n) is 87.6. The number of halogens is 2. The van der Waals surface area contributed by atoms with Crippen LogP contribution in [0.4, 0.5) is 84.0 Å². The maximum absolute atomic E-state index is 12.4. The fourth-order valence-electron chi connectivity index (χ4n) is 15.6. The van der Waals surface area contributed by atoms with Crippen molar-refractivity contribution in [3.63, 3.8) is 0 Å². The maximum atomic E-state index is 12.4. The number of aliphatic carboxylic acids is 1. The van der Waals surface area contributed by atoms with Gasteiger partial charge in [0.15, 0.2) is 0 Å². The summed E-state index contributed by atoms with van der Waals surface area (Å²) in [5.41, 5.74) is -0.665. The molecule has 13 rings (SSSR count). The van der Waals surface area contributed by atoms with E-state index >= 15 is 0 Å². The first-order valence-corrected chi connectivity index (χ1v) is 59.2. The van der Waals surface area contributed by atoms with Crippen LogP contribution in [0.2, 0.25) is 0 Å². The molecule has 6 fully saturated rings. The Morgan fingerprint density at radius 3 is 0.919 bits per heavy atom. The Balaban J connectivity index is 0.000000810. The molecule has 7 aromatic carbocycles. The lowest BCUT2D eigenvalue weighted by Crippen LogP contribution is -2.40. The van der Waals surface area contributed by atoms with Gasteiger partial charge in [-0.2, -0.15) is 42.1 Å². The van der Waals surface area contributed by atoms with E-state index in [9.17, 15) is 99.2 Å². The van der Waals surface area contributed by atoms with E-state index in [1.165, 1.54) is 161 Å². The summed E-state index contributed by atoms with van der Waals surface area (Å²) in [7, 11) is -5.12. The summed E-state index contributed by atoms with van der Waals surface area (Å²) in [6.45, 7) is 18.3. The summed E-state index contributed by atoms with van der Waals surface area (Å²) in [5, 5.41) is 45.8. The molecular formula is C94H156ClFN14O29S9. The first kappa shape index (κ1) is 138. The van der Waals surface area contributed by atoms with Crippen LogP contribution in [0.1, 0.15) is 222 Å². The van der Waals surface area contributed by atoms with Gasteiger partial charge in [0.1, 0.15) is 69.6 Å². The van der Waals surface area contributed by atoms with Gasteiger partial charge in [0.25, 0.3) is 105 Å². The number of carboxylic acid groups (broad SMARTS) is 1. The Morgan fingerprint density at radius 2 is 0.615 bits per heavy atom. The minimum Gasteiger partial charge on any atom is -0.480 e. The second-order valence-corrected chi connectivity index (χ2v) is 47.8. The highest BCUT2D eigenvalue weighted by Gasteiger charge is 2.28. The van der Waals surface area contributed by atoms with Gasteiger partial charge in [0, 0.05) is 108 Å². The predicted octanol–water partition coefficient (Wildman–Crippen LogP) is 12.5. The Bertz CT molecular complexity index is 6160. The molecule has 148 heavy (non-hydrogen) atoms. The van der Waals surface area contributed by atoms with Gasteiger partial charge >= 0.3 is 5.97 Å². The van der Waals surface area contributed by atoms with Crippen molar-refractivity contribution in [2.75, 3.05) is 212 Å². The number of carbonyl (C=O) groups is 1. The summed E-state index contributed by atoms with van der Waals surface area (Å²) in [6, 6.07) is 0. The van der Waals surface area contributed by atoms with E-state index in [1.807, 2.05) is 26.1 Å². The number of alkyl halides is 2. The van der Waals surface area contributed by atoms with Crippen LogP contribution in [0.5, 0.6) is 0 Å². The monoisotopic (exact) mass is 2290 g/mol.